The fraction of sp³-hybridized carbons (Fsp3) is 1.00. The Morgan fingerprint density at radius 2 is 2.00 bits per heavy atom. The van der Waals surface area contributed by atoms with Crippen molar-refractivity contribution >= 4 is 11.6 Å². The molecular formula is C10H19Cl. The van der Waals surface area contributed by atoms with Crippen LogP contribution in [0.25, 0.3) is 0 Å². The highest BCUT2D eigenvalue weighted by Crippen LogP contribution is 2.49. The third kappa shape index (κ3) is 2.37. The van der Waals surface area contributed by atoms with Gasteiger partial charge in [-0.2, -0.15) is 0 Å². The molecule has 1 aliphatic rings. The minimum atomic E-state index is 0.440. The van der Waals surface area contributed by atoms with Crippen molar-refractivity contribution < 1.29 is 0 Å². The zero-order valence-corrected chi connectivity index (χ0v) is 8.62. The summed E-state index contributed by atoms with van der Waals surface area (Å²) in [6, 6.07) is 0. The SMILES string of the molecule is CC(C)CC(C)(CCl)C1CC1. The molecule has 1 fully saturated rings. The van der Waals surface area contributed by atoms with E-state index in [9.17, 15) is 0 Å². The summed E-state index contributed by atoms with van der Waals surface area (Å²) in [6.07, 6.45) is 4.12. The van der Waals surface area contributed by atoms with Gasteiger partial charge in [0, 0.05) is 5.88 Å². The van der Waals surface area contributed by atoms with Gasteiger partial charge in [-0.05, 0) is 36.5 Å². The Morgan fingerprint density at radius 3 is 2.27 bits per heavy atom. The summed E-state index contributed by atoms with van der Waals surface area (Å²) in [5.74, 6) is 2.57. The van der Waals surface area contributed by atoms with Gasteiger partial charge in [-0.3, -0.25) is 0 Å². The van der Waals surface area contributed by atoms with Crippen LogP contribution in [0.3, 0.4) is 0 Å². The zero-order chi connectivity index (χ0) is 8.48. The van der Waals surface area contributed by atoms with Crippen LogP contribution in [0.1, 0.15) is 40.0 Å². The Kier molecular flexibility index (Phi) is 2.85. The molecule has 0 amide bonds. The molecule has 0 saturated heterocycles. The average Bonchev–Trinajstić information content (AvgIpc) is 2.66. The Balaban J connectivity index is 2.44. The molecule has 0 radical (unpaired) electrons. The van der Waals surface area contributed by atoms with Crippen LogP contribution < -0.4 is 0 Å². The topological polar surface area (TPSA) is 0 Å². The smallest absolute Gasteiger partial charge is 0.0280 e. The lowest BCUT2D eigenvalue weighted by atomic mass is 9.79. The number of hydrogen-bond donors (Lipinski definition) is 0. The summed E-state index contributed by atoms with van der Waals surface area (Å²) in [6.45, 7) is 6.91. The fourth-order valence-electron chi connectivity index (χ4n) is 2.04. The van der Waals surface area contributed by atoms with E-state index in [1.807, 2.05) is 0 Å². The van der Waals surface area contributed by atoms with E-state index in [0.29, 0.717) is 5.41 Å². The van der Waals surface area contributed by atoms with Crippen LogP contribution in [0.15, 0.2) is 0 Å². The molecule has 1 rings (SSSR count). The molecule has 0 heterocycles. The van der Waals surface area contributed by atoms with Crippen LogP contribution in [0.2, 0.25) is 0 Å². The number of alkyl halides is 1. The average molecular weight is 175 g/mol. The van der Waals surface area contributed by atoms with Crippen LogP contribution >= 0.6 is 11.6 Å². The van der Waals surface area contributed by atoms with Crippen LogP contribution in [0, 0.1) is 17.3 Å². The predicted octanol–water partition coefficient (Wildman–Crippen LogP) is 3.69. The third-order valence-corrected chi connectivity index (χ3v) is 3.35. The molecule has 0 aromatic heterocycles. The van der Waals surface area contributed by atoms with Crippen LogP contribution in [-0.4, -0.2) is 5.88 Å². The van der Waals surface area contributed by atoms with Crippen molar-refractivity contribution in [3.05, 3.63) is 0 Å². The molecule has 1 aliphatic carbocycles. The molecule has 0 aromatic carbocycles. The van der Waals surface area contributed by atoms with Gasteiger partial charge in [0.1, 0.15) is 0 Å². The lowest BCUT2D eigenvalue weighted by Crippen LogP contribution is -2.23. The maximum atomic E-state index is 5.99. The second-order valence-corrected chi connectivity index (χ2v) is 4.93. The van der Waals surface area contributed by atoms with Gasteiger partial charge in [-0.25, -0.2) is 0 Å². The quantitative estimate of drug-likeness (QED) is 0.571. The molecule has 1 unspecified atom stereocenters. The van der Waals surface area contributed by atoms with Gasteiger partial charge < -0.3 is 0 Å². The van der Waals surface area contributed by atoms with E-state index in [0.717, 1.165) is 17.7 Å². The third-order valence-electron chi connectivity index (χ3n) is 2.74. The molecule has 1 atom stereocenters. The monoisotopic (exact) mass is 174 g/mol. The van der Waals surface area contributed by atoms with E-state index >= 15 is 0 Å². The van der Waals surface area contributed by atoms with Crippen molar-refractivity contribution in [2.45, 2.75) is 40.0 Å². The van der Waals surface area contributed by atoms with Crippen LogP contribution in [0.4, 0.5) is 0 Å². The highest BCUT2D eigenvalue weighted by molar-refractivity contribution is 6.18. The van der Waals surface area contributed by atoms with Gasteiger partial charge in [-0.1, -0.05) is 20.8 Å². The standard InChI is InChI=1S/C10H19Cl/c1-8(2)6-10(3,7-11)9-4-5-9/h8-9H,4-7H2,1-3H3. The Bertz CT molecular complexity index is 127. The highest BCUT2D eigenvalue weighted by atomic mass is 35.5. The van der Waals surface area contributed by atoms with Crippen molar-refractivity contribution in [2.24, 2.45) is 17.3 Å². The lowest BCUT2D eigenvalue weighted by molar-refractivity contribution is 0.250. The summed E-state index contributed by atoms with van der Waals surface area (Å²) in [4.78, 5) is 0. The molecule has 0 bridgehead atoms. The normalized spacial score (nSPS) is 23.7. The van der Waals surface area contributed by atoms with Gasteiger partial charge in [0.15, 0.2) is 0 Å². The number of halogens is 1. The minimum absolute atomic E-state index is 0.440. The Hall–Kier alpha value is 0.290. The predicted molar refractivity (Wildman–Crippen MR) is 51.0 cm³/mol. The maximum absolute atomic E-state index is 5.99. The van der Waals surface area contributed by atoms with E-state index in [1.165, 1.54) is 19.3 Å². The van der Waals surface area contributed by atoms with E-state index in [-0.39, 0.29) is 0 Å². The van der Waals surface area contributed by atoms with Crippen molar-refractivity contribution in [1.29, 1.82) is 0 Å². The van der Waals surface area contributed by atoms with E-state index < -0.39 is 0 Å². The second-order valence-electron chi connectivity index (χ2n) is 4.66. The van der Waals surface area contributed by atoms with Gasteiger partial charge in [0.05, 0.1) is 0 Å². The van der Waals surface area contributed by atoms with Gasteiger partial charge >= 0.3 is 0 Å². The van der Waals surface area contributed by atoms with Crippen molar-refractivity contribution in [3.63, 3.8) is 0 Å². The summed E-state index contributed by atoms with van der Waals surface area (Å²) < 4.78 is 0. The first-order chi connectivity index (χ1) is 5.08. The van der Waals surface area contributed by atoms with E-state index in [4.69, 9.17) is 11.6 Å². The molecule has 11 heavy (non-hydrogen) atoms. The van der Waals surface area contributed by atoms with Gasteiger partial charge in [-0.15, -0.1) is 11.6 Å². The van der Waals surface area contributed by atoms with E-state index in [1.54, 1.807) is 0 Å². The molecule has 0 aliphatic heterocycles. The second kappa shape index (κ2) is 3.35. The fourth-order valence-corrected chi connectivity index (χ4v) is 2.37. The minimum Gasteiger partial charge on any atom is -0.126 e. The van der Waals surface area contributed by atoms with Gasteiger partial charge in [0.25, 0.3) is 0 Å². The Morgan fingerprint density at radius 1 is 1.45 bits per heavy atom. The summed E-state index contributed by atoms with van der Waals surface area (Å²) in [5, 5.41) is 0. The molecule has 66 valence electrons. The maximum Gasteiger partial charge on any atom is 0.0280 e. The molecule has 0 spiro atoms. The molecule has 0 aromatic rings. The number of rotatable bonds is 4. The summed E-state index contributed by atoms with van der Waals surface area (Å²) in [5.41, 5.74) is 0.440. The zero-order valence-electron chi connectivity index (χ0n) is 7.86. The van der Waals surface area contributed by atoms with Crippen LogP contribution in [0.5, 0.6) is 0 Å². The largest absolute Gasteiger partial charge is 0.126 e. The molecule has 1 saturated carbocycles. The van der Waals surface area contributed by atoms with Gasteiger partial charge in [0.2, 0.25) is 0 Å². The lowest BCUT2D eigenvalue weighted by Gasteiger charge is -2.28. The van der Waals surface area contributed by atoms with E-state index in [2.05, 4.69) is 20.8 Å². The van der Waals surface area contributed by atoms with Crippen molar-refractivity contribution in [1.82, 2.24) is 0 Å². The first-order valence-electron chi connectivity index (χ1n) is 4.64. The first kappa shape index (κ1) is 9.38. The number of hydrogen-bond acceptors (Lipinski definition) is 0. The summed E-state index contributed by atoms with van der Waals surface area (Å²) >= 11 is 5.99. The highest BCUT2D eigenvalue weighted by Gasteiger charge is 2.40. The molecular weight excluding hydrogens is 156 g/mol. The summed E-state index contributed by atoms with van der Waals surface area (Å²) in [7, 11) is 0. The van der Waals surface area contributed by atoms with Crippen LogP contribution in [-0.2, 0) is 0 Å². The molecule has 0 N–H and O–H groups in total. The Labute approximate surface area is 75.3 Å². The van der Waals surface area contributed by atoms with Crippen molar-refractivity contribution in [3.8, 4) is 0 Å². The molecule has 0 nitrogen and oxygen atoms in total. The van der Waals surface area contributed by atoms with Crippen molar-refractivity contribution in [2.75, 3.05) is 5.88 Å². The molecule has 1 heteroatoms. The first-order valence-corrected chi connectivity index (χ1v) is 5.18.